The van der Waals surface area contributed by atoms with Gasteiger partial charge in [-0.3, -0.25) is 9.69 Å². The molecule has 1 amide bonds. The smallest absolute Gasteiger partial charge is 0.239 e. The van der Waals surface area contributed by atoms with E-state index < -0.39 is 0 Å². The topological polar surface area (TPSA) is 70.4 Å². The summed E-state index contributed by atoms with van der Waals surface area (Å²) in [4.78, 5) is 15.7. The van der Waals surface area contributed by atoms with Crippen molar-refractivity contribution in [3.05, 3.63) is 34.7 Å². The van der Waals surface area contributed by atoms with E-state index in [2.05, 4.69) is 21.4 Å². The number of aromatic nitrogens is 2. The third kappa shape index (κ3) is 4.43. The van der Waals surface area contributed by atoms with Crippen LogP contribution in [0.5, 0.6) is 0 Å². The normalized spacial score (nSPS) is 20.0. The maximum Gasteiger partial charge on any atom is 0.239 e. The van der Waals surface area contributed by atoms with Gasteiger partial charge in [-0.25, -0.2) is 4.68 Å². The van der Waals surface area contributed by atoms with Crippen molar-refractivity contribution in [2.75, 3.05) is 25.0 Å². The zero-order valence-electron chi connectivity index (χ0n) is 13.9. The first-order valence-corrected chi connectivity index (χ1v) is 9.24. The molecule has 1 aliphatic rings. The Balaban J connectivity index is 1.55. The Kier molecular flexibility index (Phi) is 5.65. The molecule has 1 aliphatic heterocycles. The minimum absolute atomic E-state index is 0.0332. The van der Waals surface area contributed by atoms with Gasteiger partial charge in [-0.15, -0.1) is 11.3 Å². The summed E-state index contributed by atoms with van der Waals surface area (Å²) in [6, 6.07) is 5.89. The Bertz CT molecular complexity index is 653. The Hall–Kier alpha value is -1.70. The maximum atomic E-state index is 12.4. The zero-order chi connectivity index (χ0) is 16.9. The number of carbonyl (C=O) groups excluding carboxylic acids is 1. The molecule has 0 bridgehead atoms. The number of piperidine rings is 1. The molecule has 2 N–H and O–H groups in total. The van der Waals surface area contributed by atoms with Crippen LogP contribution in [0.4, 0.5) is 5.82 Å². The first-order valence-electron chi connectivity index (χ1n) is 8.36. The van der Waals surface area contributed by atoms with Crippen LogP contribution in [0.1, 0.15) is 24.6 Å². The molecule has 130 valence electrons. The summed E-state index contributed by atoms with van der Waals surface area (Å²) in [7, 11) is 0. The van der Waals surface area contributed by atoms with E-state index in [1.807, 2.05) is 24.4 Å². The number of hydrogen-bond acceptors (Lipinski definition) is 5. The third-order valence-corrected chi connectivity index (χ3v) is 5.32. The Morgan fingerprint density at radius 3 is 3.17 bits per heavy atom. The van der Waals surface area contributed by atoms with Crippen LogP contribution in [0.3, 0.4) is 0 Å². The van der Waals surface area contributed by atoms with Crippen LogP contribution in [-0.2, 0) is 11.3 Å². The SMILES string of the molecule is CC(O)C1CCCN(CC(=O)Nc2ccnn2Cc2cccs2)C1. The summed E-state index contributed by atoms with van der Waals surface area (Å²) in [6.45, 7) is 4.53. The number of amides is 1. The fourth-order valence-corrected chi connectivity index (χ4v) is 3.82. The van der Waals surface area contributed by atoms with Crippen molar-refractivity contribution in [2.45, 2.75) is 32.4 Å². The zero-order valence-corrected chi connectivity index (χ0v) is 14.7. The molecule has 0 aromatic carbocycles. The standard InChI is InChI=1S/C17H24N4O2S/c1-13(22)14-4-2-8-20(10-14)12-17(23)19-16-6-7-18-21(16)11-15-5-3-9-24-15/h3,5-7,9,13-14,22H,2,4,8,10-12H2,1H3,(H,19,23). The molecular formula is C17H24N4O2S. The van der Waals surface area contributed by atoms with Gasteiger partial charge in [0.25, 0.3) is 0 Å². The van der Waals surface area contributed by atoms with Crippen LogP contribution in [0.2, 0.25) is 0 Å². The quantitative estimate of drug-likeness (QED) is 0.838. The van der Waals surface area contributed by atoms with Crippen LogP contribution in [0.25, 0.3) is 0 Å². The lowest BCUT2D eigenvalue weighted by atomic mass is 9.93. The average molecular weight is 348 g/mol. The van der Waals surface area contributed by atoms with Crippen molar-refractivity contribution in [1.82, 2.24) is 14.7 Å². The molecule has 0 saturated carbocycles. The highest BCUT2D eigenvalue weighted by atomic mass is 32.1. The van der Waals surface area contributed by atoms with Gasteiger partial charge in [-0.05, 0) is 43.7 Å². The molecule has 3 heterocycles. The van der Waals surface area contributed by atoms with Crippen LogP contribution in [-0.4, -0.2) is 51.4 Å². The number of nitrogens with one attached hydrogen (secondary N) is 1. The highest BCUT2D eigenvalue weighted by Gasteiger charge is 2.24. The van der Waals surface area contributed by atoms with Crippen LogP contribution < -0.4 is 5.32 Å². The minimum Gasteiger partial charge on any atom is -0.393 e. The molecule has 0 spiro atoms. The van der Waals surface area contributed by atoms with Gasteiger partial charge < -0.3 is 10.4 Å². The highest BCUT2D eigenvalue weighted by molar-refractivity contribution is 7.09. The largest absolute Gasteiger partial charge is 0.393 e. The fourth-order valence-electron chi connectivity index (χ4n) is 3.13. The van der Waals surface area contributed by atoms with E-state index in [-0.39, 0.29) is 17.9 Å². The second kappa shape index (κ2) is 7.92. The summed E-state index contributed by atoms with van der Waals surface area (Å²) >= 11 is 1.67. The second-order valence-electron chi connectivity index (χ2n) is 6.38. The number of anilines is 1. The number of nitrogens with zero attached hydrogens (tertiary/aromatic N) is 3. The lowest BCUT2D eigenvalue weighted by molar-refractivity contribution is -0.118. The van der Waals surface area contributed by atoms with E-state index in [9.17, 15) is 9.90 Å². The number of carbonyl (C=O) groups is 1. The van der Waals surface area contributed by atoms with Gasteiger partial charge in [0.05, 0.1) is 25.4 Å². The predicted molar refractivity (Wildman–Crippen MR) is 95.1 cm³/mol. The molecule has 1 saturated heterocycles. The van der Waals surface area contributed by atoms with E-state index in [1.165, 1.54) is 4.88 Å². The number of aliphatic hydroxyl groups excluding tert-OH is 1. The van der Waals surface area contributed by atoms with Crippen LogP contribution in [0, 0.1) is 5.92 Å². The molecule has 3 rings (SSSR count). The van der Waals surface area contributed by atoms with E-state index >= 15 is 0 Å². The van der Waals surface area contributed by atoms with Gasteiger partial charge in [-0.1, -0.05) is 6.07 Å². The first kappa shape index (κ1) is 17.1. The third-order valence-electron chi connectivity index (χ3n) is 4.46. The number of aliphatic hydroxyl groups is 1. The maximum absolute atomic E-state index is 12.4. The summed E-state index contributed by atoms with van der Waals surface area (Å²) in [5, 5.41) is 19.0. The molecule has 2 unspecified atom stereocenters. The average Bonchev–Trinajstić information content (AvgIpc) is 3.20. The highest BCUT2D eigenvalue weighted by Crippen LogP contribution is 2.20. The summed E-state index contributed by atoms with van der Waals surface area (Å²) in [5.41, 5.74) is 0. The molecule has 6 nitrogen and oxygen atoms in total. The molecule has 0 aliphatic carbocycles. The summed E-state index contributed by atoms with van der Waals surface area (Å²) in [5.74, 6) is 0.947. The Morgan fingerprint density at radius 2 is 2.42 bits per heavy atom. The van der Waals surface area contributed by atoms with Gasteiger partial charge in [0.1, 0.15) is 5.82 Å². The lowest BCUT2D eigenvalue weighted by Gasteiger charge is -2.33. The molecule has 2 aromatic heterocycles. The van der Waals surface area contributed by atoms with E-state index in [4.69, 9.17) is 0 Å². The Morgan fingerprint density at radius 1 is 1.54 bits per heavy atom. The minimum atomic E-state index is -0.317. The van der Waals surface area contributed by atoms with Gasteiger partial charge in [0.15, 0.2) is 0 Å². The predicted octanol–water partition coefficient (Wildman–Crippen LogP) is 2.02. The lowest BCUT2D eigenvalue weighted by Crippen LogP contribution is -2.43. The van der Waals surface area contributed by atoms with Gasteiger partial charge in [0, 0.05) is 17.5 Å². The van der Waals surface area contributed by atoms with Gasteiger partial charge >= 0.3 is 0 Å². The molecule has 0 radical (unpaired) electrons. The summed E-state index contributed by atoms with van der Waals surface area (Å²) in [6.07, 6.45) is 3.44. The van der Waals surface area contributed by atoms with E-state index in [0.717, 1.165) is 31.7 Å². The van der Waals surface area contributed by atoms with Crippen molar-refractivity contribution >= 4 is 23.1 Å². The number of thiophene rings is 1. The van der Waals surface area contributed by atoms with E-state index in [0.29, 0.717) is 13.1 Å². The summed E-state index contributed by atoms with van der Waals surface area (Å²) < 4.78 is 1.80. The van der Waals surface area contributed by atoms with Crippen molar-refractivity contribution in [3.8, 4) is 0 Å². The molecule has 2 aromatic rings. The van der Waals surface area contributed by atoms with Crippen molar-refractivity contribution in [3.63, 3.8) is 0 Å². The van der Waals surface area contributed by atoms with Crippen LogP contribution >= 0.6 is 11.3 Å². The van der Waals surface area contributed by atoms with Gasteiger partial charge in [0.2, 0.25) is 5.91 Å². The monoisotopic (exact) mass is 348 g/mol. The molecule has 2 atom stereocenters. The fraction of sp³-hybridized carbons (Fsp3) is 0.529. The first-order chi connectivity index (χ1) is 11.6. The number of rotatable bonds is 6. The Labute approximate surface area is 146 Å². The number of hydrogen-bond donors (Lipinski definition) is 2. The second-order valence-corrected chi connectivity index (χ2v) is 7.41. The van der Waals surface area contributed by atoms with Crippen molar-refractivity contribution < 1.29 is 9.90 Å². The van der Waals surface area contributed by atoms with Crippen molar-refractivity contribution in [1.29, 1.82) is 0 Å². The molecular weight excluding hydrogens is 324 g/mol. The molecule has 24 heavy (non-hydrogen) atoms. The van der Waals surface area contributed by atoms with Crippen molar-refractivity contribution in [2.24, 2.45) is 5.92 Å². The van der Waals surface area contributed by atoms with Gasteiger partial charge in [-0.2, -0.15) is 5.10 Å². The molecule has 7 heteroatoms. The number of likely N-dealkylation sites (tertiary alicyclic amines) is 1. The van der Waals surface area contributed by atoms with Crippen LogP contribution in [0.15, 0.2) is 29.8 Å². The van der Waals surface area contributed by atoms with E-state index in [1.54, 1.807) is 22.2 Å². The molecule has 1 fully saturated rings.